The van der Waals surface area contributed by atoms with Crippen LogP contribution in [0, 0.1) is 11.3 Å². The van der Waals surface area contributed by atoms with Gasteiger partial charge in [-0.3, -0.25) is 9.78 Å². The van der Waals surface area contributed by atoms with E-state index in [1.807, 2.05) is 36.4 Å². The lowest BCUT2D eigenvalue weighted by Gasteiger charge is -2.28. The van der Waals surface area contributed by atoms with Gasteiger partial charge in [0.15, 0.2) is 0 Å². The molecular weight excluding hydrogens is 404 g/mol. The first kappa shape index (κ1) is 19.7. The predicted molar refractivity (Wildman–Crippen MR) is 123 cm³/mol. The van der Waals surface area contributed by atoms with Crippen molar-refractivity contribution in [1.29, 1.82) is 5.26 Å². The molecule has 0 unspecified atom stereocenters. The van der Waals surface area contributed by atoms with E-state index in [2.05, 4.69) is 26.3 Å². The fourth-order valence-corrected chi connectivity index (χ4v) is 3.81. The molecule has 32 heavy (non-hydrogen) atoms. The van der Waals surface area contributed by atoms with Crippen molar-refractivity contribution in [2.24, 2.45) is 0 Å². The van der Waals surface area contributed by atoms with Gasteiger partial charge in [0.05, 0.1) is 29.9 Å². The molecule has 1 fully saturated rings. The summed E-state index contributed by atoms with van der Waals surface area (Å²) >= 11 is 0. The van der Waals surface area contributed by atoms with Crippen LogP contribution in [0.2, 0.25) is 0 Å². The molecule has 0 spiro atoms. The van der Waals surface area contributed by atoms with Crippen molar-refractivity contribution in [3.63, 3.8) is 0 Å². The molecule has 158 valence electrons. The van der Waals surface area contributed by atoms with Crippen LogP contribution in [0.25, 0.3) is 22.0 Å². The van der Waals surface area contributed by atoms with Crippen molar-refractivity contribution >= 4 is 28.0 Å². The largest absolute Gasteiger partial charge is 0.378 e. The third-order valence-corrected chi connectivity index (χ3v) is 5.42. The maximum absolute atomic E-state index is 12.6. The molecule has 1 aliphatic rings. The molecule has 8 heteroatoms. The Morgan fingerprint density at radius 3 is 2.69 bits per heavy atom. The normalized spacial score (nSPS) is 13.7. The molecule has 0 atom stereocenters. The Kier molecular flexibility index (Phi) is 5.24. The molecular formula is C24H20N6O2. The third kappa shape index (κ3) is 3.89. The Morgan fingerprint density at radius 1 is 1.09 bits per heavy atom. The molecule has 8 nitrogen and oxygen atoms in total. The van der Waals surface area contributed by atoms with Gasteiger partial charge in [-0.2, -0.15) is 5.26 Å². The Labute approximate surface area is 184 Å². The second kappa shape index (κ2) is 8.49. The van der Waals surface area contributed by atoms with Crippen LogP contribution < -0.4 is 15.8 Å². The fourth-order valence-electron chi connectivity index (χ4n) is 3.81. The van der Waals surface area contributed by atoms with Crippen LogP contribution in [-0.2, 0) is 4.74 Å². The molecule has 0 bridgehead atoms. The number of anilines is 3. The quantitative estimate of drug-likeness (QED) is 0.517. The zero-order valence-corrected chi connectivity index (χ0v) is 17.2. The van der Waals surface area contributed by atoms with E-state index in [0.29, 0.717) is 28.0 Å². The summed E-state index contributed by atoms with van der Waals surface area (Å²) in [6.45, 7) is 3.19. The summed E-state index contributed by atoms with van der Waals surface area (Å²) in [5, 5.41) is 13.7. The number of nitrogens with one attached hydrogen (secondary N) is 2. The number of H-pyrrole nitrogens is 1. The number of hydrogen-bond donors (Lipinski definition) is 2. The first-order valence-corrected chi connectivity index (χ1v) is 10.3. The van der Waals surface area contributed by atoms with Crippen molar-refractivity contribution in [2.45, 2.75) is 0 Å². The molecule has 0 saturated carbocycles. The highest BCUT2D eigenvalue weighted by Gasteiger charge is 2.14. The number of pyridine rings is 3. The summed E-state index contributed by atoms with van der Waals surface area (Å²) in [7, 11) is 0. The highest BCUT2D eigenvalue weighted by Crippen LogP contribution is 2.28. The zero-order chi connectivity index (χ0) is 21.9. The van der Waals surface area contributed by atoms with Crippen LogP contribution in [0.15, 0.2) is 65.8 Å². The van der Waals surface area contributed by atoms with Gasteiger partial charge >= 0.3 is 0 Å². The van der Waals surface area contributed by atoms with E-state index in [1.54, 1.807) is 18.5 Å². The number of aromatic amines is 1. The van der Waals surface area contributed by atoms with E-state index in [0.717, 1.165) is 43.1 Å². The standard InChI is InChI=1S/C24H20N6O2/c25-13-16-11-18(15-26-14-16)21-12-17-5-6-27-24(31)22(17)23(29-21)28-19-1-3-20(4-2-19)30-7-9-32-10-8-30/h1-6,11-12,14-15H,7-10H2,(H,27,31)(H,28,29). The summed E-state index contributed by atoms with van der Waals surface area (Å²) in [5.41, 5.74) is 3.50. The Bertz CT molecular complexity index is 1370. The van der Waals surface area contributed by atoms with Crippen molar-refractivity contribution in [1.82, 2.24) is 15.0 Å². The second-order valence-corrected chi connectivity index (χ2v) is 7.47. The average molecular weight is 424 g/mol. The summed E-state index contributed by atoms with van der Waals surface area (Å²) in [5.74, 6) is 0.445. The van der Waals surface area contributed by atoms with Gasteiger partial charge in [-0.05, 0) is 47.9 Å². The lowest BCUT2D eigenvalue weighted by Crippen LogP contribution is -2.36. The number of fused-ring (bicyclic) bond motifs is 1. The summed E-state index contributed by atoms with van der Waals surface area (Å²) < 4.78 is 5.42. The van der Waals surface area contributed by atoms with Gasteiger partial charge in [-0.1, -0.05) is 0 Å². The van der Waals surface area contributed by atoms with E-state index in [1.165, 1.54) is 6.20 Å². The van der Waals surface area contributed by atoms with Crippen molar-refractivity contribution in [3.8, 4) is 17.3 Å². The van der Waals surface area contributed by atoms with Gasteiger partial charge in [-0.15, -0.1) is 0 Å². The number of ether oxygens (including phenoxy) is 1. The van der Waals surface area contributed by atoms with E-state index in [4.69, 9.17) is 9.72 Å². The minimum Gasteiger partial charge on any atom is -0.378 e. The molecule has 0 aliphatic carbocycles. The highest BCUT2D eigenvalue weighted by atomic mass is 16.5. The Balaban J connectivity index is 1.53. The van der Waals surface area contributed by atoms with Crippen molar-refractivity contribution < 1.29 is 4.74 Å². The maximum atomic E-state index is 12.6. The van der Waals surface area contributed by atoms with Gasteiger partial charge in [-0.25, -0.2) is 4.98 Å². The van der Waals surface area contributed by atoms with Crippen molar-refractivity contribution in [2.75, 3.05) is 36.5 Å². The average Bonchev–Trinajstić information content (AvgIpc) is 2.85. The molecule has 1 aromatic carbocycles. The van der Waals surface area contributed by atoms with E-state index in [9.17, 15) is 10.1 Å². The number of hydrogen-bond acceptors (Lipinski definition) is 7. The predicted octanol–water partition coefficient (Wildman–Crippen LogP) is 3.44. The van der Waals surface area contributed by atoms with Crippen LogP contribution >= 0.6 is 0 Å². The summed E-state index contributed by atoms with van der Waals surface area (Å²) in [6.07, 6.45) is 4.77. The van der Waals surface area contributed by atoms with Crippen molar-refractivity contribution in [3.05, 3.63) is 77.0 Å². The third-order valence-electron chi connectivity index (χ3n) is 5.42. The van der Waals surface area contributed by atoms with Crippen LogP contribution in [0.1, 0.15) is 5.56 Å². The van der Waals surface area contributed by atoms with Crippen LogP contribution in [0.5, 0.6) is 0 Å². The highest BCUT2D eigenvalue weighted by molar-refractivity contribution is 5.95. The number of morpholine rings is 1. The molecule has 0 amide bonds. The number of nitrogens with zero attached hydrogens (tertiary/aromatic N) is 4. The summed E-state index contributed by atoms with van der Waals surface area (Å²) in [4.78, 5) is 26.4. The van der Waals surface area contributed by atoms with Crippen LogP contribution in [0.3, 0.4) is 0 Å². The van der Waals surface area contributed by atoms with E-state index >= 15 is 0 Å². The monoisotopic (exact) mass is 424 g/mol. The SMILES string of the molecule is N#Cc1cncc(-c2cc3cc[nH]c(=O)c3c(Nc3ccc(N4CCOCC4)cc3)n2)c1. The minimum atomic E-state index is -0.224. The topological polar surface area (TPSA) is 107 Å². The van der Waals surface area contributed by atoms with Gasteiger partial charge < -0.3 is 19.9 Å². The fraction of sp³-hybridized carbons (Fsp3) is 0.167. The first-order chi connectivity index (χ1) is 15.7. The number of aromatic nitrogens is 3. The summed E-state index contributed by atoms with van der Waals surface area (Å²) in [6, 6.07) is 15.5. The second-order valence-electron chi connectivity index (χ2n) is 7.47. The molecule has 2 N–H and O–H groups in total. The number of benzene rings is 1. The molecule has 1 aliphatic heterocycles. The van der Waals surface area contributed by atoms with E-state index < -0.39 is 0 Å². The maximum Gasteiger partial charge on any atom is 0.259 e. The molecule has 3 aromatic heterocycles. The Morgan fingerprint density at radius 2 is 1.91 bits per heavy atom. The van der Waals surface area contributed by atoms with Gasteiger partial charge in [0.1, 0.15) is 11.9 Å². The van der Waals surface area contributed by atoms with Gasteiger partial charge in [0.2, 0.25) is 0 Å². The molecule has 5 rings (SSSR count). The van der Waals surface area contributed by atoms with Gasteiger partial charge in [0, 0.05) is 48.6 Å². The van der Waals surface area contributed by atoms with Crippen LogP contribution in [-0.4, -0.2) is 41.3 Å². The molecule has 4 aromatic rings. The lowest BCUT2D eigenvalue weighted by molar-refractivity contribution is 0.122. The van der Waals surface area contributed by atoms with Gasteiger partial charge in [0.25, 0.3) is 5.56 Å². The lowest BCUT2D eigenvalue weighted by atomic mass is 10.1. The molecule has 4 heterocycles. The first-order valence-electron chi connectivity index (χ1n) is 10.3. The van der Waals surface area contributed by atoms with Crippen LogP contribution in [0.4, 0.5) is 17.2 Å². The minimum absolute atomic E-state index is 0.224. The molecule has 1 saturated heterocycles. The molecule has 0 radical (unpaired) electrons. The number of nitriles is 1. The smallest absolute Gasteiger partial charge is 0.259 e. The van der Waals surface area contributed by atoms with E-state index in [-0.39, 0.29) is 5.56 Å². The number of rotatable bonds is 4. The zero-order valence-electron chi connectivity index (χ0n) is 17.2. The Hall–Kier alpha value is -4.22.